The third-order valence-electron chi connectivity index (χ3n) is 3.61. The van der Waals surface area contributed by atoms with Gasteiger partial charge >= 0.3 is 12.1 Å². The number of oxime groups is 1. The molecule has 132 valence electrons. The zero-order chi connectivity index (χ0) is 17.3. The van der Waals surface area contributed by atoms with Crippen LogP contribution in [0.25, 0.3) is 0 Å². The molecule has 1 heterocycles. The summed E-state index contributed by atoms with van der Waals surface area (Å²) >= 11 is 0. The van der Waals surface area contributed by atoms with Gasteiger partial charge in [0.1, 0.15) is 6.61 Å². The van der Waals surface area contributed by atoms with Gasteiger partial charge in [-0.2, -0.15) is 0 Å². The number of nitrogens with zero attached hydrogens (tertiary/aromatic N) is 1. The van der Waals surface area contributed by atoms with E-state index in [4.69, 9.17) is 19.4 Å². The lowest BCUT2D eigenvalue weighted by Gasteiger charge is -2.35. The summed E-state index contributed by atoms with van der Waals surface area (Å²) in [5, 5.41) is 12.5. The normalized spacial score (nSPS) is 24.0. The number of hydrogen-bond donors (Lipinski definition) is 1. The summed E-state index contributed by atoms with van der Waals surface area (Å²) in [6.07, 6.45) is 3.02. The number of benzene rings is 1. The highest BCUT2D eigenvalue weighted by atomic mass is 16.9. The van der Waals surface area contributed by atoms with Crippen LogP contribution in [-0.2, 0) is 19.0 Å². The van der Waals surface area contributed by atoms with Crippen LogP contribution in [0.2, 0.25) is 0 Å². The summed E-state index contributed by atoms with van der Waals surface area (Å²) < 4.78 is 15.3. The van der Waals surface area contributed by atoms with Crippen molar-refractivity contribution in [3.8, 4) is 0 Å². The maximum absolute atomic E-state index is 10.5. The van der Waals surface area contributed by atoms with Crippen molar-refractivity contribution < 1.29 is 28.9 Å². The largest absolute Gasteiger partial charge is 0.510 e. The van der Waals surface area contributed by atoms with Gasteiger partial charge in [-0.25, -0.2) is 4.79 Å². The summed E-state index contributed by atoms with van der Waals surface area (Å²) in [5.74, 6) is -1.26. The summed E-state index contributed by atoms with van der Waals surface area (Å²) in [5.41, 5.74) is 1.00. The summed E-state index contributed by atoms with van der Waals surface area (Å²) in [4.78, 5) is 15.8. The second kappa shape index (κ2) is 9.24. The number of hydrogen-bond acceptors (Lipinski definition) is 6. The molecule has 0 saturated carbocycles. The Morgan fingerprint density at radius 3 is 2.71 bits per heavy atom. The molecule has 2 rings (SSSR count). The first-order valence-electron chi connectivity index (χ1n) is 7.98. The van der Waals surface area contributed by atoms with Crippen LogP contribution in [0.1, 0.15) is 31.7 Å². The highest BCUT2D eigenvalue weighted by Crippen LogP contribution is 2.25. The topological polar surface area (TPSA) is 86.6 Å². The first-order chi connectivity index (χ1) is 11.6. The van der Waals surface area contributed by atoms with E-state index in [0.717, 1.165) is 24.8 Å². The minimum Gasteiger partial charge on any atom is -0.450 e. The lowest BCUT2D eigenvalue weighted by atomic mass is 10.0. The van der Waals surface area contributed by atoms with Gasteiger partial charge in [0, 0.05) is 12.8 Å². The van der Waals surface area contributed by atoms with Crippen molar-refractivity contribution in [2.24, 2.45) is 11.1 Å². The molecule has 0 aromatic heterocycles. The van der Waals surface area contributed by atoms with Crippen LogP contribution in [0.3, 0.4) is 0 Å². The summed E-state index contributed by atoms with van der Waals surface area (Å²) in [6.45, 7) is 2.83. The predicted molar refractivity (Wildman–Crippen MR) is 86.7 cm³/mol. The van der Waals surface area contributed by atoms with Crippen molar-refractivity contribution in [3.63, 3.8) is 0 Å². The number of carboxylic acid groups (broad SMARTS) is 1. The molecule has 1 aromatic rings. The van der Waals surface area contributed by atoms with Crippen LogP contribution in [0.15, 0.2) is 35.5 Å². The molecule has 7 nitrogen and oxygen atoms in total. The first kappa shape index (κ1) is 18.2. The molecule has 0 amide bonds. The van der Waals surface area contributed by atoms with E-state index in [2.05, 4.69) is 9.89 Å². The maximum Gasteiger partial charge on any atom is 0.510 e. The fraction of sp³-hybridized carbons (Fsp3) is 0.529. The van der Waals surface area contributed by atoms with Crippen molar-refractivity contribution >= 4 is 12.4 Å². The standard InChI is InChI=1S/C17H23NO6/c1-17(24-16(19)20)21-12-15(13-22-17)9-5-6-10-23-18-11-14-7-3-2-4-8-14/h2-4,7-8,11,15H,5-6,9-10,12-13H2,1H3,(H,19,20). The van der Waals surface area contributed by atoms with Gasteiger partial charge in [0.2, 0.25) is 0 Å². The van der Waals surface area contributed by atoms with Crippen LogP contribution < -0.4 is 0 Å². The zero-order valence-electron chi connectivity index (χ0n) is 13.7. The molecule has 1 saturated heterocycles. The molecule has 1 fully saturated rings. The van der Waals surface area contributed by atoms with Crippen molar-refractivity contribution in [2.45, 2.75) is 32.2 Å². The van der Waals surface area contributed by atoms with E-state index in [9.17, 15) is 4.79 Å². The lowest BCUT2D eigenvalue weighted by Crippen LogP contribution is -2.45. The average Bonchev–Trinajstić information content (AvgIpc) is 2.56. The van der Waals surface area contributed by atoms with Crippen molar-refractivity contribution in [3.05, 3.63) is 35.9 Å². The van der Waals surface area contributed by atoms with E-state index in [-0.39, 0.29) is 5.92 Å². The van der Waals surface area contributed by atoms with Gasteiger partial charge in [-0.15, -0.1) is 0 Å². The average molecular weight is 337 g/mol. The van der Waals surface area contributed by atoms with Crippen molar-refractivity contribution in [2.75, 3.05) is 19.8 Å². The Hall–Kier alpha value is -2.12. The Morgan fingerprint density at radius 1 is 1.33 bits per heavy atom. The highest BCUT2D eigenvalue weighted by molar-refractivity contribution is 5.78. The van der Waals surface area contributed by atoms with Gasteiger partial charge < -0.3 is 24.2 Å². The number of unbranched alkanes of at least 4 members (excludes halogenated alkanes) is 1. The van der Waals surface area contributed by atoms with E-state index in [0.29, 0.717) is 19.8 Å². The maximum atomic E-state index is 10.5. The molecule has 24 heavy (non-hydrogen) atoms. The Labute approximate surface area is 141 Å². The number of ether oxygens (including phenoxy) is 3. The van der Waals surface area contributed by atoms with Gasteiger partial charge in [0.05, 0.1) is 19.4 Å². The molecule has 0 atom stereocenters. The van der Waals surface area contributed by atoms with E-state index >= 15 is 0 Å². The van der Waals surface area contributed by atoms with Crippen LogP contribution in [0, 0.1) is 5.92 Å². The molecule has 1 aliphatic rings. The molecular formula is C17H23NO6. The van der Waals surface area contributed by atoms with E-state index in [1.807, 2.05) is 30.3 Å². The smallest absolute Gasteiger partial charge is 0.450 e. The second-order valence-electron chi connectivity index (χ2n) is 5.69. The Balaban J connectivity index is 1.53. The zero-order valence-corrected chi connectivity index (χ0v) is 13.7. The fourth-order valence-corrected chi connectivity index (χ4v) is 2.30. The Bertz CT molecular complexity index is 525. The molecule has 0 spiro atoms. The first-order valence-corrected chi connectivity index (χ1v) is 7.98. The van der Waals surface area contributed by atoms with E-state index < -0.39 is 12.1 Å². The van der Waals surface area contributed by atoms with Crippen LogP contribution >= 0.6 is 0 Å². The monoisotopic (exact) mass is 337 g/mol. The van der Waals surface area contributed by atoms with Crippen molar-refractivity contribution in [1.29, 1.82) is 0 Å². The SMILES string of the molecule is CC1(OC(=O)O)OCC(CCCCON=Cc2ccccc2)CO1. The second-order valence-corrected chi connectivity index (χ2v) is 5.69. The molecule has 1 N–H and O–H groups in total. The minimum atomic E-state index is -1.49. The van der Waals surface area contributed by atoms with Crippen LogP contribution in [0.5, 0.6) is 0 Å². The van der Waals surface area contributed by atoms with Gasteiger partial charge in [0.15, 0.2) is 0 Å². The molecule has 0 bridgehead atoms. The van der Waals surface area contributed by atoms with Gasteiger partial charge in [-0.05, 0) is 24.8 Å². The van der Waals surface area contributed by atoms with E-state index in [1.165, 1.54) is 6.92 Å². The summed E-state index contributed by atoms with van der Waals surface area (Å²) in [7, 11) is 0. The van der Waals surface area contributed by atoms with Gasteiger partial charge in [-0.3, -0.25) is 0 Å². The third kappa shape index (κ3) is 6.55. The fourth-order valence-electron chi connectivity index (χ4n) is 2.30. The quantitative estimate of drug-likeness (QED) is 0.339. The number of carbonyl (C=O) groups is 1. The number of rotatable bonds is 8. The molecule has 0 unspecified atom stereocenters. The Kier molecular flexibility index (Phi) is 7.02. The van der Waals surface area contributed by atoms with E-state index in [1.54, 1.807) is 6.21 Å². The third-order valence-corrected chi connectivity index (χ3v) is 3.61. The molecule has 1 aliphatic heterocycles. The molecule has 0 radical (unpaired) electrons. The van der Waals surface area contributed by atoms with Gasteiger partial charge in [-0.1, -0.05) is 35.5 Å². The molecule has 1 aromatic carbocycles. The lowest BCUT2D eigenvalue weighted by molar-refractivity contribution is -0.379. The molecule has 0 aliphatic carbocycles. The highest BCUT2D eigenvalue weighted by Gasteiger charge is 2.36. The van der Waals surface area contributed by atoms with Crippen LogP contribution in [0.4, 0.5) is 4.79 Å². The van der Waals surface area contributed by atoms with Crippen LogP contribution in [-0.4, -0.2) is 43.3 Å². The summed E-state index contributed by atoms with van der Waals surface area (Å²) in [6, 6.07) is 9.76. The molecule has 7 heteroatoms. The molecular weight excluding hydrogens is 314 g/mol. The predicted octanol–water partition coefficient (Wildman–Crippen LogP) is 3.24. The minimum absolute atomic E-state index is 0.225. The van der Waals surface area contributed by atoms with Gasteiger partial charge in [0.25, 0.3) is 0 Å². The Morgan fingerprint density at radius 2 is 2.04 bits per heavy atom. The van der Waals surface area contributed by atoms with Crippen molar-refractivity contribution in [1.82, 2.24) is 0 Å².